The van der Waals surface area contributed by atoms with E-state index in [1.54, 1.807) is 29.3 Å². The molecule has 1 fully saturated rings. The Hall–Kier alpha value is -3.75. The van der Waals surface area contributed by atoms with Crippen molar-refractivity contribution in [3.8, 4) is 0 Å². The number of piperidine rings is 1. The van der Waals surface area contributed by atoms with Gasteiger partial charge in [-0.1, -0.05) is 0 Å². The molecule has 9 nitrogen and oxygen atoms in total. The van der Waals surface area contributed by atoms with Crippen molar-refractivity contribution in [3.63, 3.8) is 0 Å². The lowest BCUT2D eigenvalue weighted by molar-refractivity contribution is -0.136. The van der Waals surface area contributed by atoms with Crippen LogP contribution in [0.5, 0.6) is 0 Å². The number of hydrogen-bond acceptors (Lipinski definition) is 5. The second-order valence-corrected chi connectivity index (χ2v) is 8.02. The van der Waals surface area contributed by atoms with Crippen LogP contribution in [-0.4, -0.2) is 51.1 Å². The van der Waals surface area contributed by atoms with E-state index in [2.05, 4.69) is 15.6 Å². The first-order chi connectivity index (χ1) is 15.0. The van der Waals surface area contributed by atoms with Crippen LogP contribution in [0.25, 0.3) is 0 Å². The summed E-state index contributed by atoms with van der Waals surface area (Å²) >= 11 is 0. The Morgan fingerprint density at radius 1 is 1.06 bits per heavy atom. The molecule has 3 aliphatic heterocycles. The van der Waals surface area contributed by atoms with E-state index >= 15 is 0 Å². The number of hydrogen-bond donors (Lipinski definition) is 2. The summed E-state index contributed by atoms with van der Waals surface area (Å²) in [5, 5.41) is 5.21. The Labute approximate surface area is 178 Å². The molecule has 31 heavy (non-hydrogen) atoms. The summed E-state index contributed by atoms with van der Waals surface area (Å²) < 4.78 is 0. The summed E-state index contributed by atoms with van der Waals surface area (Å²) in [5.74, 6) is -0.984. The monoisotopic (exact) mass is 419 g/mol. The summed E-state index contributed by atoms with van der Waals surface area (Å²) in [4.78, 5) is 56.5. The highest BCUT2D eigenvalue weighted by molar-refractivity contribution is 6.05. The van der Waals surface area contributed by atoms with Crippen molar-refractivity contribution in [1.82, 2.24) is 20.1 Å². The van der Waals surface area contributed by atoms with Crippen molar-refractivity contribution >= 4 is 29.4 Å². The molecule has 0 aliphatic carbocycles. The van der Waals surface area contributed by atoms with Crippen LogP contribution in [0, 0.1) is 0 Å². The molecule has 1 aromatic carbocycles. The minimum Gasteiger partial charge on any atom is -0.322 e. The van der Waals surface area contributed by atoms with Gasteiger partial charge >= 0.3 is 6.03 Å². The molecule has 0 spiro atoms. The molecular formula is C22H21N5O4. The van der Waals surface area contributed by atoms with E-state index < -0.39 is 11.9 Å². The van der Waals surface area contributed by atoms with Crippen molar-refractivity contribution in [2.45, 2.75) is 38.4 Å². The number of nitrogens with one attached hydrogen (secondary N) is 2. The highest BCUT2D eigenvalue weighted by Gasteiger charge is 2.39. The smallest absolute Gasteiger partial charge is 0.322 e. The Morgan fingerprint density at radius 3 is 2.77 bits per heavy atom. The van der Waals surface area contributed by atoms with Gasteiger partial charge < -0.3 is 15.1 Å². The lowest BCUT2D eigenvalue weighted by atomic mass is 10.0. The molecule has 2 N–H and O–H groups in total. The molecule has 0 radical (unpaired) electrons. The summed E-state index contributed by atoms with van der Waals surface area (Å²) in [5.41, 5.74) is 4.12. The third-order valence-corrected chi connectivity index (χ3v) is 6.08. The van der Waals surface area contributed by atoms with Gasteiger partial charge in [0.1, 0.15) is 6.04 Å². The molecule has 1 saturated heterocycles. The maximum absolute atomic E-state index is 12.8. The first-order valence-corrected chi connectivity index (χ1v) is 10.2. The van der Waals surface area contributed by atoms with Gasteiger partial charge in [-0.3, -0.25) is 24.7 Å². The number of aromatic nitrogens is 1. The molecule has 0 saturated carbocycles. The van der Waals surface area contributed by atoms with Gasteiger partial charge in [0.2, 0.25) is 11.8 Å². The van der Waals surface area contributed by atoms with Crippen LogP contribution >= 0.6 is 0 Å². The Bertz CT molecular complexity index is 1110. The number of fused-ring (bicyclic) bond motifs is 2. The maximum atomic E-state index is 12.8. The van der Waals surface area contributed by atoms with Crippen molar-refractivity contribution in [3.05, 3.63) is 58.9 Å². The number of rotatable bonds is 2. The van der Waals surface area contributed by atoms with Gasteiger partial charge in [-0.25, -0.2) is 4.79 Å². The lowest BCUT2D eigenvalue weighted by Gasteiger charge is -2.29. The van der Waals surface area contributed by atoms with Crippen molar-refractivity contribution in [1.29, 1.82) is 0 Å². The second kappa shape index (κ2) is 7.50. The van der Waals surface area contributed by atoms with Gasteiger partial charge in [-0.05, 0) is 53.8 Å². The number of carbonyl (C=O) groups is 4. The molecule has 5 rings (SSSR count). The van der Waals surface area contributed by atoms with Crippen LogP contribution in [0.1, 0.15) is 39.9 Å². The summed E-state index contributed by atoms with van der Waals surface area (Å²) in [6.45, 7) is 1.40. The summed E-state index contributed by atoms with van der Waals surface area (Å²) in [6, 6.07) is 6.23. The fourth-order valence-electron chi connectivity index (χ4n) is 4.40. The fourth-order valence-corrected chi connectivity index (χ4v) is 4.40. The number of carbonyl (C=O) groups excluding carboxylic acids is 4. The molecule has 5 amide bonds. The predicted octanol–water partition coefficient (Wildman–Crippen LogP) is 1.43. The van der Waals surface area contributed by atoms with Crippen LogP contribution in [0.4, 0.5) is 10.5 Å². The van der Waals surface area contributed by atoms with E-state index in [1.165, 1.54) is 4.90 Å². The van der Waals surface area contributed by atoms with Gasteiger partial charge in [-0.2, -0.15) is 0 Å². The second-order valence-electron chi connectivity index (χ2n) is 8.02. The molecular weight excluding hydrogens is 398 g/mol. The molecule has 1 atom stereocenters. The third kappa shape index (κ3) is 3.52. The fraction of sp³-hybridized carbons (Fsp3) is 0.318. The van der Waals surface area contributed by atoms with Gasteiger partial charge in [0.05, 0.1) is 0 Å². The number of urea groups is 1. The third-order valence-electron chi connectivity index (χ3n) is 6.08. The number of imide groups is 1. The summed E-state index contributed by atoms with van der Waals surface area (Å²) in [7, 11) is 0. The van der Waals surface area contributed by atoms with Crippen LogP contribution in [0.2, 0.25) is 0 Å². The van der Waals surface area contributed by atoms with Crippen LogP contribution in [0.15, 0.2) is 36.7 Å². The SMILES string of the molecule is O=C1CCC(N2Cc3cc(NC(=O)N4CCc5cnccc5C4)ccc3C2=O)C(=O)N1. The van der Waals surface area contributed by atoms with Crippen molar-refractivity contribution < 1.29 is 19.2 Å². The zero-order valence-corrected chi connectivity index (χ0v) is 16.8. The summed E-state index contributed by atoms with van der Waals surface area (Å²) in [6.07, 6.45) is 4.87. The Morgan fingerprint density at radius 2 is 1.94 bits per heavy atom. The first-order valence-electron chi connectivity index (χ1n) is 10.2. The molecule has 9 heteroatoms. The lowest BCUT2D eigenvalue weighted by Crippen LogP contribution is -2.52. The highest BCUT2D eigenvalue weighted by atomic mass is 16.2. The molecule has 0 bridgehead atoms. The van der Waals surface area contributed by atoms with E-state index in [1.807, 2.05) is 12.3 Å². The largest absolute Gasteiger partial charge is 0.322 e. The van der Waals surface area contributed by atoms with Crippen LogP contribution in [-0.2, 0) is 29.1 Å². The average molecular weight is 419 g/mol. The number of anilines is 1. The quantitative estimate of drug-likeness (QED) is 0.716. The van der Waals surface area contributed by atoms with Gasteiger partial charge in [0, 0.05) is 49.7 Å². The molecule has 4 heterocycles. The highest BCUT2D eigenvalue weighted by Crippen LogP contribution is 2.29. The standard InChI is InChI=1S/C22H21N5O4/c28-19-4-3-18(20(29)25-19)27-12-15-9-16(1-2-17(15)21(27)30)24-22(31)26-8-6-13-10-23-7-5-14(13)11-26/h1-2,5,7,9-10,18H,3-4,6,8,11-12H2,(H,24,31)(H,25,28,29). The maximum Gasteiger partial charge on any atom is 0.322 e. The molecule has 2 aromatic rings. The molecule has 158 valence electrons. The van der Waals surface area contributed by atoms with Gasteiger partial charge in [0.25, 0.3) is 5.91 Å². The molecule has 1 unspecified atom stereocenters. The zero-order valence-electron chi connectivity index (χ0n) is 16.8. The zero-order chi connectivity index (χ0) is 21.5. The number of pyridine rings is 1. The normalized spacial score (nSPS) is 20.3. The topological polar surface area (TPSA) is 112 Å². The Kier molecular flexibility index (Phi) is 4.65. The molecule has 1 aromatic heterocycles. The van der Waals surface area contributed by atoms with Crippen molar-refractivity contribution in [2.75, 3.05) is 11.9 Å². The van der Waals surface area contributed by atoms with Crippen LogP contribution < -0.4 is 10.6 Å². The van der Waals surface area contributed by atoms with E-state index in [9.17, 15) is 19.2 Å². The predicted molar refractivity (Wildman–Crippen MR) is 110 cm³/mol. The number of benzene rings is 1. The average Bonchev–Trinajstić information content (AvgIpc) is 3.09. The minimum absolute atomic E-state index is 0.200. The van der Waals surface area contributed by atoms with Gasteiger partial charge in [0.15, 0.2) is 0 Å². The number of nitrogens with zero attached hydrogens (tertiary/aromatic N) is 3. The van der Waals surface area contributed by atoms with E-state index in [-0.39, 0.29) is 30.8 Å². The molecule has 3 aliphatic rings. The number of amides is 5. The van der Waals surface area contributed by atoms with E-state index in [0.29, 0.717) is 30.8 Å². The first kappa shape index (κ1) is 19.2. The van der Waals surface area contributed by atoms with Crippen LogP contribution in [0.3, 0.4) is 0 Å². The Balaban J connectivity index is 1.28. The van der Waals surface area contributed by atoms with E-state index in [4.69, 9.17) is 0 Å². The van der Waals surface area contributed by atoms with Gasteiger partial charge in [-0.15, -0.1) is 0 Å². The van der Waals surface area contributed by atoms with Crippen molar-refractivity contribution in [2.24, 2.45) is 0 Å². The minimum atomic E-state index is -0.654. The van der Waals surface area contributed by atoms with E-state index in [0.717, 1.165) is 23.1 Å².